The number of fused-ring (bicyclic) bond motifs is 1. The fraction of sp³-hybridized carbons (Fsp3) is 0.381. The van der Waals surface area contributed by atoms with Crippen molar-refractivity contribution in [2.24, 2.45) is 5.92 Å². The van der Waals surface area contributed by atoms with Crippen LogP contribution in [0.4, 0.5) is 0 Å². The van der Waals surface area contributed by atoms with Gasteiger partial charge in [0, 0.05) is 13.3 Å². The van der Waals surface area contributed by atoms with Crippen LogP contribution in [0.3, 0.4) is 0 Å². The number of methoxy groups -OCH3 is 1. The van der Waals surface area contributed by atoms with Gasteiger partial charge in [-0.05, 0) is 22.3 Å². The molecule has 2 rings (SSSR count). The van der Waals surface area contributed by atoms with Gasteiger partial charge < -0.3 is 15.4 Å². The standard InChI is InChI=1S/C21H26N2O4/c1-13(2)19(22-14(3)24)20(25)23-18(21(26)27-4)12-16-10-7-9-15-8-5-6-11-17(15)16/h5-11,13,18-19H,12H2,1-4H3,(H,22,24)(H,23,25)/t18-,19+/m0/s1. The Labute approximate surface area is 159 Å². The number of amides is 2. The SMILES string of the molecule is COC(=O)[C@H](Cc1cccc2ccccc12)NC(=O)[C@H](NC(C)=O)C(C)C. The monoisotopic (exact) mass is 370 g/mol. The van der Waals surface area contributed by atoms with Crippen LogP contribution in [0.5, 0.6) is 0 Å². The Bertz CT molecular complexity index is 827. The van der Waals surface area contributed by atoms with E-state index in [1.807, 2.05) is 56.3 Å². The number of benzene rings is 2. The molecule has 0 aliphatic heterocycles. The van der Waals surface area contributed by atoms with Crippen LogP contribution < -0.4 is 10.6 Å². The van der Waals surface area contributed by atoms with Crippen molar-refractivity contribution in [1.29, 1.82) is 0 Å². The first kappa shape index (κ1) is 20.4. The highest BCUT2D eigenvalue weighted by Crippen LogP contribution is 2.20. The minimum Gasteiger partial charge on any atom is -0.467 e. The Morgan fingerprint density at radius 3 is 2.30 bits per heavy atom. The first-order valence-corrected chi connectivity index (χ1v) is 8.95. The van der Waals surface area contributed by atoms with Crippen LogP contribution >= 0.6 is 0 Å². The molecule has 27 heavy (non-hydrogen) atoms. The van der Waals surface area contributed by atoms with Gasteiger partial charge in [0.25, 0.3) is 0 Å². The molecule has 0 fully saturated rings. The highest BCUT2D eigenvalue weighted by atomic mass is 16.5. The summed E-state index contributed by atoms with van der Waals surface area (Å²) in [5.74, 6) is -1.35. The minimum absolute atomic E-state index is 0.121. The van der Waals surface area contributed by atoms with Gasteiger partial charge in [0.05, 0.1) is 7.11 Å². The van der Waals surface area contributed by atoms with Crippen LogP contribution in [-0.2, 0) is 25.5 Å². The maximum atomic E-state index is 12.7. The van der Waals surface area contributed by atoms with E-state index in [0.29, 0.717) is 6.42 Å². The van der Waals surface area contributed by atoms with E-state index in [1.165, 1.54) is 14.0 Å². The van der Waals surface area contributed by atoms with Gasteiger partial charge in [0.2, 0.25) is 11.8 Å². The smallest absolute Gasteiger partial charge is 0.328 e. The number of hydrogen-bond acceptors (Lipinski definition) is 4. The number of carbonyl (C=O) groups excluding carboxylic acids is 3. The predicted molar refractivity (Wildman–Crippen MR) is 104 cm³/mol. The molecule has 0 aliphatic rings. The first-order valence-electron chi connectivity index (χ1n) is 8.95. The molecule has 0 bridgehead atoms. The Morgan fingerprint density at radius 2 is 1.67 bits per heavy atom. The lowest BCUT2D eigenvalue weighted by atomic mass is 9.97. The molecule has 2 aromatic rings. The predicted octanol–water partition coefficient (Wildman–Crippen LogP) is 2.20. The molecule has 0 radical (unpaired) electrons. The fourth-order valence-corrected chi connectivity index (χ4v) is 3.04. The van der Waals surface area contributed by atoms with Gasteiger partial charge in [-0.3, -0.25) is 9.59 Å². The maximum Gasteiger partial charge on any atom is 0.328 e. The molecule has 2 atom stereocenters. The number of nitrogens with one attached hydrogen (secondary N) is 2. The molecule has 0 spiro atoms. The summed E-state index contributed by atoms with van der Waals surface area (Å²) in [5.41, 5.74) is 0.935. The van der Waals surface area contributed by atoms with Crippen LogP contribution in [0, 0.1) is 5.92 Å². The Morgan fingerprint density at radius 1 is 1.00 bits per heavy atom. The van der Waals surface area contributed by atoms with E-state index < -0.39 is 24.0 Å². The van der Waals surface area contributed by atoms with E-state index in [2.05, 4.69) is 10.6 Å². The second kappa shape index (κ2) is 9.16. The van der Waals surface area contributed by atoms with Crippen LogP contribution in [0.1, 0.15) is 26.3 Å². The zero-order valence-electron chi connectivity index (χ0n) is 16.1. The topological polar surface area (TPSA) is 84.5 Å². The zero-order valence-corrected chi connectivity index (χ0v) is 16.1. The summed E-state index contributed by atoms with van der Waals surface area (Å²) >= 11 is 0. The molecule has 2 N–H and O–H groups in total. The van der Waals surface area contributed by atoms with Gasteiger partial charge >= 0.3 is 5.97 Å². The largest absolute Gasteiger partial charge is 0.467 e. The number of esters is 1. The van der Waals surface area contributed by atoms with E-state index >= 15 is 0 Å². The van der Waals surface area contributed by atoms with Crippen molar-refractivity contribution in [2.45, 2.75) is 39.3 Å². The van der Waals surface area contributed by atoms with Crippen molar-refractivity contribution < 1.29 is 19.1 Å². The molecule has 0 saturated carbocycles. The summed E-state index contributed by atoms with van der Waals surface area (Å²) in [6, 6.07) is 12.1. The third-order valence-corrected chi connectivity index (χ3v) is 4.41. The summed E-state index contributed by atoms with van der Waals surface area (Å²) in [7, 11) is 1.29. The summed E-state index contributed by atoms with van der Waals surface area (Å²) in [6.45, 7) is 5.02. The van der Waals surface area contributed by atoms with Crippen LogP contribution in [-0.4, -0.2) is 37.0 Å². The molecule has 144 valence electrons. The van der Waals surface area contributed by atoms with Crippen LogP contribution in [0.2, 0.25) is 0 Å². The van der Waals surface area contributed by atoms with E-state index in [1.54, 1.807) is 0 Å². The Kier molecular flexibility index (Phi) is 6.93. The van der Waals surface area contributed by atoms with E-state index in [4.69, 9.17) is 4.74 Å². The lowest BCUT2D eigenvalue weighted by molar-refractivity contribution is -0.145. The highest BCUT2D eigenvalue weighted by Gasteiger charge is 2.29. The van der Waals surface area contributed by atoms with E-state index in [-0.39, 0.29) is 11.8 Å². The first-order chi connectivity index (χ1) is 12.8. The average Bonchev–Trinajstić information content (AvgIpc) is 2.64. The van der Waals surface area contributed by atoms with Crippen LogP contribution in [0.15, 0.2) is 42.5 Å². The molecule has 6 heteroatoms. The molecular weight excluding hydrogens is 344 g/mol. The molecule has 6 nitrogen and oxygen atoms in total. The van der Waals surface area contributed by atoms with Crippen molar-refractivity contribution in [1.82, 2.24) is 10.6 Å². The number of rotatable bonds is 7. The average molecular weight is 370 g/mol. The molecule has 0 saturated heterocycles. The molecule has 0 unspecified atom stereocenters. The van der Waals surface area contributed by atoms with Crippen molar-refractivity contribution in [3.8, 4) is 0 Å². The van der Waals surface area contributed by atoms with Crippen molar-refractivity contribution in [3.05, 3.63) is 48.0 Å². The molecular formula is C21H26N2O4. The lowest BCUT2D eigenvalue weighted by Crippen LogP contribution is -2.54. The van der Waals surface area contributed by atoms with Gasteiger partial charge in [-0.25, -0.2) is 4.79 Å². The second-order valence-corrected chi connectivity index (χ2v) is 6.85. The van der Waals surface area contributed by atoms with Gasteiger partial charge in [0.15, 0.2) is 0 Å². The lowest BCUT2D eigenvalue weighted by Gasteiger charge is -2.24. The molecule has 2 amide bonds. The summed E-state index contributed by atoms with van der Waals surface area (Å²) < 4.78 is 4.88. The Balaban J connectivity index is 2.26. The second-order valence-electron chi connectivity index (χ2n) is 6.85. The molecule has 0 heterocycles. The summed E-state index contributed by atoms with van der Waals surface area (Å²) in [4.78, 5) is 36.3. The third kappa shape index (κ3) is 5.29. The van der Waals surface area contributed by atoms with Gasteiger partial charge in [-0.2, -0.15) is 0 Å². The molecule has 0 aliphatic carbocycles. The number of carbonyl (C=O) groups is 3. The summed E-state index contributed by atoms with van der Waals surface area (Å²) in [5, 5.41) is 7.45. The molecule has 0 aromatic heterocycles. The Hall–Kier alpha value is -2.89. The van der Waals surface area contributed by atoms with Crippen LogP contribution in [0.25, 0.3) is 10.8 Å². The van der Waals surface area contributed by atoms with E-state index in [0.717, 1.165) is 16.3 Å². The zero-order chi connectivity index (χ0) is 20.0. The maximum absolute atomic E-state index is 12.7. The third-order valence-electron chi connectivity index (χ3n) is 4.41. The van der Waals surface area contributed by atoms with Gasteiger partial charge in [0.1, 0.15) is 12.1 Å². The molecule has 2 aromatic carbocycles. The minimum atomic E-state index is -0.844. The number of ether oxygens (including phenoxy) is 1. The quantitative estimate of drug-likeness (QED) is 0.732. The van der Waals surface area contributed by atoms with Crippen molar-refractivity contribution in [2.75, 3.05) is 7.11 Å². The fourth-order valence-electron chi connectivity index (χ4n) is 3.04. The van der Waals surface area contributed by atoms with Crippen molar-refractivity contribution in [3.63, 3.8) is 0 Å². The van der Waals surface area contributed by atoms with Gasteiger partial charge in [-0.15, -0.1) is 0 Å². The normalized spacial score (nSPS) is 13.1. The highest BCUT2D eigenvalue weighted by molar-refractivity contribution is 5.91. The number of hydrogen-bond donors (Lipinski definition) is 2. The van der Waals surface area contributed by atoms with Crippen molar-refractivity contribution >= 4 is 28.6 Å². The van der Waals surface area contributed by atoms with Gasteiger partial charge in [-0.1, -0.05) is 56.3 Å². The van der Waals surface area contributed by atoms with E-state index in [9.17, 15) is 14.4 Å². The summed E-state index contributed by atoms with van der Waals surface area (Å²) in [6.07, 6.45) is 0.296.